The van der Waals surface area contributed by atoms with Crippen LogP contribution in [0.5, 0.6) is 0 Å². The van der Waals surface area contributed by atoms with Crippen molar-refractivity contribution in [2.24, 2.45) is 17.8 Å². The second kappa shape index (κ2) is 6.60. The molecule has 2 N–H and O–H groups in total. The van der Waals surface area contributed by atoms with Crippen LogP contribution in [0.15, 0.2) is 24.3 Å². The average Bonchev–Trinajstić information content (AvgIpc) is 3.25. The Hall–Kier alpha value is -2.05. The highest BCUT2D eigenvalue weighted by Gasteiger charge is 2.47. The first-order chi connectivity index (χ1) is 10.7. The van der Waals surface area contributed by atoms with Crippen molar-refractivity contribution in [1.29, 1.82) is 0 Å². The molecule has 1 aromatic rings. The lowest BCUT2D eigenvalue weighted by atomic mass is 10.2. The third kappa shape index (κ3) is 4.71. The smallest absolute Gasteiger partial charge is 0.356 e. The predicted octanol–water partition coefficient (Wildman–Crippen LogP) is 3.05. The summed E-state index contributed by atoms with van der Waals surface area (Å²) in [7, 11) is 0. The molecule has 126 valence electrons. The zero-order chi connectivity index (χ0) is 17.2. The lowest BCUT2D eigenvalue weighted by Gasteiger charge is -2.09. The van der Waals surface area contributed by atoms with Crippen LogP contribution in [0, 0.1) is 17.8 Å². The largest absolute Gasteiger partial charge is 0.416 e. The molecule has 2 unspecified atom stereocenters. The maximum absolute atomic E-state index is 12.5. The first-order valence-corrected chi connectivity index (χ1v) is 7.44. The highest BCUT2D eigenvalue weighted by atomic mass is 19.4. The molecule has 1 aliphatic carbocycles. The van der Waals surface area contributed by atoms with Crippen LogP contribution in [-0.2, 0) is 15.8 Å². The Labute approximate surface area is 132 Å². The number of hydrogen-bond acceptors (Lipinski definition) is 2. The Bertz CT molecular complexity index is 582. The molecule has 0 bridgehead atoms. The summed E-state index contributed by atoms with van der Waals surface area (Å²) in [6.07, 6.45) is -3.94. The predicted molar refractivity (Wildman–Crippen MR) is 79.5 cm³/mol. The van der Waals surface area contributed by atoms with Crippen LogP contribution in [0.3, 0.4) is 0 Å². The van der Waals surface area contributed by atoms with Gasteiger partial charge < -0.3 is 10.6 Å². The van der Waals surface area contributed by atoms with Crippen molar-refractivity contribution in [1.82, 2.24) is 5.32 Å². The van der Waals surface area contributed by atoms with Crippen LogP contribution >= 0.6 is 0 Å². The minimum Gasteiger partial charge on any atom is -0.356 e. The molecule has 2 atom stereocenters. The molecule has 1 aromatic carbocycles. The Balaban J connectivity index is 1.85. The Kier molecular flexibility index (Phi) is 4.97. The minimum atomic E-state index is -4.40. The van der Waals surface area contributed by atoms with Crippen molar-refractivity contribution >= 4 is 17.5 Å². The summed E-state index contributed by atoms with van der Waals surface area (Å²) in [5, 5.41) is 5.32. The molecule has 23 heavy (non-hydrogen) atoms. The highest BCUT2D eigenvalue weighted by molar-refractivity contribution is 5.99. The van der Waals surface area contributed by atoms with E-state index in [1.807, 2.05) is 13.8 Å². The lowest BCUT2D eigenvalue weighted by molar-refractivity contribution is -0.137. The van der Waals surface area contributed by atoms with E-state index >= 15 is 0 Å². The maximum Gasteiger partial charge on any atom is 0.416 e. The summed E-state index contributed by atoms with van der Waals surface area (Å²) in [6, 6.07) is 4.23. The van der Waals surface area contributed by atoms with Gasteiger partial charge in [-0.15, -0.1) is 0 Å². The molecular formula is C16H19F3N2O2. The van der Waals surface area contributed by atoms with E-state index in [0.29, 0.717) is 18.9 Å². The van der Waals surface area contributed by atoms with Crippen molar-refractivity contribution in [3.05, 3.63) is 29.8 Å². The fourth-order valence-corrected chi connectivity index (χ4v) is 2.19. The van der Waals surface area contributed by atoms with Gasteiger partial charge in [0, 0.05) is 12.2 Å². The van der Waals surface area contributed by atoms with Crippen LogP contribution in [-0.4, -0.2) is 18.4 Å². The summed E-state index contributed by atoms with van der Waals surface area (Å²) < 4.78 is 37.4. The number of benzene rings is 1. The monoisotopic (exact) mass is 328 g/mol. The molecule has 0 aromatic heterocycles. The molecule has 4 nitrogen and oxygen atoms in total. The molecule has 7 heteroatoms. The molecule has 1 aliphatic rings. The standard InChI is InChI=1S/C16H19F3N2O2/c1-9(2)8-20-14(22)12-7-13(12)15(23)21-11-5-3-10(4-6-11)16(17,18)19/h3-6,9,12-13H,7-8H2,1-2H3,(H,20,22)(H,21,23). The quantitative estimate of drug-likeness (QED) is 0.873. The molecule has 2 rings (SSSR count). The van der Waals surface area contributed by atoms with Crippen LogP contribution in [0.4, 0.5) is 18.9 Å². The van der Waals surface area contributed by atoms with Crippen LogP contribution in [0.25, 0.3) is 0 Å². The minimum absolute atomic E-state index is 0.147. The van der Waals surface area contributed by atoms with Crippen LogP contribution < -0.4 is 10.6 Å². The molecule has 0 heterocycles. The van der Waals surface area contributed by atoms with E-state index in [0.717, 1.165) is 12.1 Å². The van der Waals surface area contributed by atoms with E-state index in [1.165, 1.54) is 12.1 Å². The van der Waals surface area contributed by atoms with E-state index in [1.54, 1.807) is 0 Å². The third-order valence-electron chi connectivity index (χ3n) is 3.63. The van der Waals surface area contributed by atoms with Crippen molar-refractivity contribution < 1.29 is 22.8 Å². The van der Waals surface area contributed by atoms with E-state index in [9.17, 15) is 22.8 Å². The molecule has 1 fully saturated rings. The van der Waals surface area contributed by atoms with Gasteiger partial charge in [0.15, 0.2) is 0 Å². The van der Waals surface area contributed by atoms with Crippen LogP contribution in [0.1, 0.15) is 25.8 Å². The number of carbonyl (C=O) groups excluding carboxylic acids is 2. The van der Waals surface area contributed by atoms with Crippen molar-refractivity contribution in [2.75, 3.05) is 11.9 Å². The maximum atomic E-state index is 12.5. The van der Waals surface area contributed by atoms with Crippen molar-refractivity contribution in [3.8, 4) is 0 Å². The van der Waals surface area contributed by atoms with Gasteiger partial charge in [0.05, 0.1) is 17.4 Å². The molecule has 0 spiro atoms. The third-order valence-corrected chi connectivity index (χ3v) is 3.63. The number of nitrogens with one attached hydrogen (secondary N) is 2. The first-order valence-electron chi connectivity index (χ1n) is 7.44. The van der Waals surface area contributed by atoms with E-state index in [2.05, 4.69) is 10.6 Å². The first kappa shape index (κ1) is 17.3. The Morgan fingerprint density at radius 2 is 1.70 bits per heavy atom. The summed E-state index contributed by atoms with van der Waals surface area (Å²) in [6.45, 7) is 4.51. The van der Waals surface area contributed by atoms with E-state index < -0.39 is 17.7 Å². The van der Waals surface area contributed by atoms with Gasteiger partial charge in [0.2, 0.25) is 11.8 Å². The number of alkyl halides is 3. The number of amides is 2. The highest BCUT2D eigenvalue weighted by Crippen LogP contribution is 2.39. The number of halogens is 3. The van der Waals surface area contributed by atoms with Gasteiger partial charge in [-0.25, -0.2) is 0 Å². The van der Waals surface area contributed by atoms with Crippen LogP contribution in [0.2, 0.25) is 0 Å². The number of rotatable bonds is 5. The summed E-state index contributed by atoms with van der Waals surface area (Å²) >= 11 is 0. The zero-order valence-corrected chi connectivity index (χ0v) is 12.9. The fourth-order valence-electron chi connectivity index (χ4n) is 2.19. The van der Waals surface area contributed by atoms with Gasteiger partial charge in [-0.3, -0.25) is 9.59 Å². The Morgan fingerprint density at radius 1 is 1.13 bits per heavy atom. The molecule has 0 saturated heterocycles. The number of hydrogen-bond donors (Lipinski definition) is 2. The fraction of sp³-hybridized carbons (Fsp3) is 0.500. The van der Waals surface area contributed by atoms with Gasteiger partial charge in [0.1, 0.15) is 0 Å². The van der Waals surface area contributed by atoms with Crippen molar-refractivity contribution in [2.45, 2.75) is 26.4 Å². The normalized spacial score (nSPS) is 20.3. The summed E-state index contributed by atoms with van der Waals surface area (Å²) in [5.74, 6) is -0.912. The zero-order valence-electron chi connectivity index (χ0n) is 12.9. The van der Waals surface area contributed by atoms with Gasteiger partial charge >= 0.3 is 6.18 Å². The lowest BCUT2D eigenvalue weighted by Crippen LogP contribution is -2.30. The molecular weight excluding hydrogens is 309 g/mol. The topological polar surface area (TPSA) is 58.2 Å². The molecule has 1 saturated carbocycles. The molecule has 0 aliphatic heterocycles. The van der Waals surface area contributed by atoms with Gasteiger partial charge in [-0.1, -0.05) is 13.8 Å². The van der Waals surface area contributed by atoms with Gasteiger partial charge in [-0.05, 0) is 36.6 Å². The summed E-state index contributed by atoms with van der Waals surface area (Å²) in [4.78, 5) is 23.8. The van der Waals surface area contributed by atoms with Gasteiger partial charge in [0.25, 0.3) is 0 Å². The van der Waals surface area contributed by atoms with E-state index in [4.69, 9.17) is 0 Å². The number of anilines is 1. The second-order valence-corrected chi connectivity index (χ2v) is 6.15. The summed E-state index contributed by atoms with van der Waals surface area (Å²) in [5.41, 5.74) is -0.482. The Morgan fingerprint density at radius 3 is 2.22 bits per heavy atom. The van der Waals surface area contributed by atoms with E-state index in [-0.39, 0.29) is 23.4 Å². The number of carbonyl (C=O) groups is 2. The SMILES string of the molecule is CC(C)CNC(=O)C1CC1C(=O)Nc1ccc(C(F)(F)F)cc1. The van der Waals surface area contributed by atoms with Gasteiger partial charge in [-0.2, -0.15) is 13.2 Å². The molecule has 0 radical (unpaired) electrons. The molecule has 2 amide bonds. The second-order valence-electron chi connectivity index (χ2n) is 6.15. The average molecular weight is 328 g/mol. The van der Waals surface area contributed by atoms with Crippen molar-refractivity contribution in [3.63, 3.8) is 0 Å².